The quantitative estimate of drug-likeness (QED) is 0.572. The Labute approximate surface area is 180 Å². The number of aryl methyl sites for hydroxylation is 2. The highest BCUT2D eigenvalue weighted by Crippen LogP contribution is 2.24. The summed E-state index contributed by atoms with van der Waals surface area (Å²) in [4.78, 5) is 24.3. The van der Waals surface area contributed by atoms with E-state index in [4.69, 9.17) is 0 Å². The number of rotatable bonds is 8. The molecule has 3 rings (SSSR count). The van der Waals surface area contributed by atoms with E-state index < -0.39 is 10.0 Å². The van der Waals surface area contributed by atoms with Crippen LogP contribution in [0.2, 0.25) is 0 Å². The Morgan fingerprint density at radius 1 is 1.20 bits per heavy atom. The van der Waals surface area contributed by atoms with E-state index in [9.17, 15) is 18.0 Å². The number of carbonyl (C=O) groups excluding carboxylic acids is 1. The minimum atomic E-state index is -3.45. The molecule has 1 heterocycles. The lowest BCUT2D eigenvalue weighted by molar-refractivity contribution is -0.116. The maximum atomic E-state index is 12.4. The Morgan fingerprint density at radius 3 is 2.60 bits per heavy atom. The van der Waals surface area contributed by atoms with E-state index in [1.54, 1.807) is 28.8 Å². The highest BCUT2D eigenvalue weighted by molar-refractivity contribution is 7.92. The molecule has 1 aromatic heterocycles. The number of aromatic nitrogens is 1. The van der Waals surface area contributed by atoms with Gasteiger partial charge >= 0.3 is 4.87 Å². The zero-order valence-corrected chi connectivity index (χ0v) is 18.8. The van der Waals surface area contributed by atoms with Crippen LogP contribution in [0.15, 0.2) is 47.3 Å². The SMILES string of the molecule is CCn1c(=O)sc2cc(NC(=O)CCCN(c3ccccc3C)S(C)(=O)=O)ccc21. The van der Waals surface area contributed by atoms with Crippen LogP contribution in [0.3, 0.4) is 0 Å². The normalized spacial score (nSPS) is 11.6. The maximum absolute atomic E-state index is 12.4. The molecule has 0 atom stereocenters. The fourth-order valence-corrected chi connectivity index (χ4v) is 5.38. The summed E-state index contributed by atoms with van der Waals surface area (Å²) in [6.07, 6.45) is 1.74. The van der Waals surface area contributed by atoms with E-state index in [1.165, 1.54) is 10.6 Å². The topological polar surface area (TPSA) is 88.5 Å². The molecule has 0 saturated heterocycles. The minimum Gasteiger partial charge on any atom is -0.326 e. The molecule has 0 aliphatic rings. The van der Waals surface area contributed by atoms with Gasteiger partial charge in [0.25, 0.3) is 0 Å². The van der Waals surface area contributed by atoms with Gasteiger partial charge in [0.2, 0.25) is 15.9 Å². The number of nitrogens with one attached hydrogen (secondary N) is 1. The maximum Gasteiger partial charge on any atom is 0.308 e. The van der Waals surface area contributed by atoms with Crippen molar-refractivity contribution in [2.75, 3.05) is 22.4 Å². The standard InChI is InChI=1S/C21H25N3O4S2/c1-4-23-18-12-11-16(14-19(18)29-21(23)26)22-20(25)10-7-13-24(30(3,27)28)17-9-6-5-8-15(17)2/h5-6,8-9,11-12,14H,4,7,10,13H2,1-3H3,(H,22,25). The molecule has 0 aliphatic carbocycles. The number of hydrogen-bond acceptors (Lipinski definition) is 5. The number of carbonyl (C=O) groups is 1. The molecule has 1 amide bonds. The minimum absolute atomic E-state index is 0.0203. The Bertz CT molecular complexity index is 1230. The molecule has 0 fully saturated rings. The number of nitrogens with zero attached hydrogens (tertiary/aromatic N) is 2. The summed E-state index contributed by atoms with van der Waals surface area (Å²) >= 11 is 1.15. The first-order valence-electron chi connectivity index (χ1n) is 9.67. The van der Waals surface area contributed by atoms with Crippen molar-refractivity contribution in [2.24, 2.45) is 0 Å². The van der Waals surface area contributed by atoms with E-state index in [1.807, 2.05) is 32.0 Å². The van der Waals surface area contributed by atoms with Gasteiger partial charge in [-0.25, -0.2) is 8.42 Å². The van der Waals surface area contributed by atoms with Crippen molar-refractivity contribution in [3.05, 3.63) is 57.7 Å². The number of fused-ring (bicyclic) bond motifs is 1. The van der Waals surface area contributed by atoms with Gasteiger partial charge in [-0.2, -0.15) is 0 Å². The van der Waals surface area contributed by atoms with Gasteiger partial charge in [-0.3, -0.25) is 18.5 Å². The van der Waals surface area contributed by atoms with Gasteiger partial charge in [0, 0.05) is 25.2 Å². The number of anilines is 2. The third-order valence-corrected chi connectivity index (χ3v) is 6.94. The molecule has 160 valence electrons. The Hall–Kier alpha value is -2.65. The van der Waals surface area contributed by atoms with Crippen LogP contribution in [0.5, 0.6) is 0 Å². The van der Waals surface area contributed by atoms with Gasteiger partial charge in [0.05, 0.1) is 22.2 Å². The smallest absolute Gasteiger partial charge is 0.308 e. The molecule has 9 heteroatoms. The van der Waals surface area contributed by atoms with Crippen LogP contribution in [-0.4, -0.2) is 31.7 Å². The third kappa shape index (κ3) is 4.91. The molecule has 1 N–H and O–H groups in total. The fraction of sp³-hybridized carbons (Fsp3) is 0.333. The van der Waals surface area contributed by atoms with Crippen LogP contribution in [0.1, 0.15) is 25.3 Å². The average molecular weight is 448 g/mol. The van der Waals surface area contributed by atoms with Crippen molar-refractivity contribution in [1.29, 1.82) is 0 Å². The lowest BCUT2D eigenvalue weighted by Gasteiger charge is -2.24. The first-order valence-corrected chi connectivity index (χ1v) is 12.3. The molecule has 2 aromatic carbocycles. The summed E-state index contributed by atoms with van der Waals surface area (Å²) in [6, 6.07) is 12.7. The van der Waals surface area contributed by atoms with Gasteiger partial charge in [-0.05, 0) is 50.1 Å². The van der Waals surface area contributed by atoms with E-state index in [0.717, 1.165) is 27.1 Å². The van der Waals surface area contributed by atoms with Crippen molar-refractivity contribution in [3.63, 3.8) is 0 Å². The Kier molecular flexibility index (Phi) is 6.62. The number of para-hydroxylation sites is 1. The van der Waals surface area contributed by atoms with E-state index in [-0.39, 0.29) is 23.7 Å². The second kappa shape index (κ2) is 9.01. The highest BCUT2D eigenvalue weighted by Gasteiger charge is 2.19. The van der Waals surface area contributed by atoms with E-state index >= 15 is 0 Å². The number of benzene rings is 2. The van der Waals surface area contributed by atoms with Gasteiger partial charge < -0.3 is 5.32 Å². The Morgan fingerprint density at radius 2 is 1.93 bits per heavy atom. The first-order chi connectivity index (χ1) is 14.2. The lowest BCUT2D eigenvalue weighted by atomic mass is 10.2. The van der Waals surface area contributed by atoms with Crippen LogP contribution in [-0.2, 0) is 21.4 Å². The number of hydrogen-bond donors (Lipinski definition) is 1. The summed E-state index contributed by atoms with van der Waals surface area (Å²) in [5, 5.41) is 2.83. The second-order valence-corrected chi connectivity index (χ2v) is 9.97. The van der Waals surface area contributed by atoms with E-state index in [0.29, 0.717) is 24.3 Å². The number of amides is 1. The molecular weight excluding hydrogens is 422 g/mol. The summed E-state index contributed by atoms with van der Waals surface area (Å²) in [5.74, 6) is -0.199. The molecule has 0 radical (unpaired) electrons. The summed E-state index contributed by atoms with van der Waals surface area (Å²) in [5.41, 5.74) is 2.96. The molecule has 7 nitrogen and oxygen atoms in total. The van der Waals surface area contributed by atoms with Crippen molar-refractivity contribution < 1.29 is 13.2 Å². The summed E-state index contributed by atoms with van der Waals surface area (Å²) in [7, 11) is -3.45. The lowest BCUT2D eigenvalue weighted by Crippen LogP contribution is -2.32. The number of thiazole rings is 1. The van der Waals surface area contributed by atoms with Gasteiger partial charge in [-0.15, -0.1) is 0 Å². The van der Waals surface area contributed by atoms with Crippen molar-refractivity contribution in [2.45, 2.75) is 33.2 Å². The van der Waals surface area contributed by atoms with Crippen LogP contribution < -0.4 is 14.5 Å². The summed E-state index contributed by atoms with van der Waals surface area (Å²) < 4.78 is 28.3. The molecule has 0 unspecified atom stereocenters. The van der Waals surface area contributed by atoms with Crippen LogP contribution in [0.4, 0.5) is 11.4 Å². The molecule has 0 aliphatic heterocycles. The average Bonchev–Trinajstić information content (AvgIpc) is 2.99. The second-order valence-electron chi connectivity index (χ2n) is 7.07. The first kappa shape index (κ1) is 22.0. The van der Waals surface area contributed by atoms with Crippen LogP contribution >= 0.6 is 11.3 Å². The monoisotopic (exact) mass is 447 g/mol. The fourth-order valence-electron chi connectivity index (χ4n) is 3.36. The molecule has 0 bridgehead atoms. The highest BCUT2D eigenvalue weighted by atomic mass is 32.2. The van der Waals surface area contributed by atoms with Crippen LogP contribution in [0.25, 0.3) is 10.2 Å². The zero-order valence-electron chi connectivity index (χ0n) is 17.2. The van der Waals surface area contributed by atoms with Gasteiger partial charge in [0.15, 0.2) is 0 Å². The molecule has 30 heavy (non-hydrogen) atoms. The molecule has 0 spiro atoms. The van der Waals surface area contributed by atoms with Gasteiger partial charge in [-0.1, -0.05) is 29.5 Å². The zero-order chi connectivity index (χ0) is 21.9. The predicted octanol–water partition coefficient (Wildman–Crippen LogP) is 3.58. The van der Waals surface area contributed by atoms with Crippen molar-refractivity contribution >= 4 is 48.9 Å². The third-order valence-electron chi connectivity index (χ3n) is 4.82. The van der Waals surface area contributed by atoms with Crippen molar-refractivity contribution in [1.82, 2.24) is 4.57 Å². The molecule has 3 aromatic rings. The Balaban J connectivity index is 1.64. The van der Waals surface area contributed by atoms with Crippen molar-refractivity contribution in [3.8, 4) is 0 Å². The van der Waals surface area contributed by atoms with Crippen LogP contribution in [0, 0.1) is 6.92 Å². The molecular formula is C21H25N3O4S2. The van der Waals surface area contributed by atoms with Gasteiger partial charge in [0.1, 0.15) is 0 Å². The number of sulfonamides is 1. The molecule has 0 saturated carbocycles. The predicted molar refractivity (Wildman–Crippen MR) is 123 cm³/mol. The van der Waals surface area contributed by atoms with E-state index in [2.05, 4.69) is 5.32 Å². The summed E-state index contributed by atoms with van der Waals surface area (Å²) in [6.45, 7) is 4.59. The largest absolute Gasteiger partial charge is 0.326 e.